The molecule has 0 aliphatic rings. The molecule has 0 aromatic heterocycles. The molecule has 0 saturated heterocycles. The number of carbonyl (C=O) groups is 3. The molecule has 0 fully saturated rings. The first-order valence-corrected chi connectivity index (χ1v) is 10.1. The van der Waals surface area contributed by atoms with E-state index in [4.69, 9.17) is 4.74 Å². The SMILES string of the molecule is CC(OC(=O)CCNC(=O)c1ccc([N+](=O)[O-])cc1)C(=O)Nc1ccc(C(C)(C)C)cc1. The zero-order valence-electron chi connectivity index (χ0n) is 18.5. The number of nitro benzene ring substituents is 1. The molecular weight excluding hydrogens is 414 g/mol. The van der Waals surface area contributed by atoms with Crippen LogP contribution in [0.4, 0.5) is 11.4 Å². The van der Waals surface area contributed by atoms with Gasteiger partial charge in [0, 0.05) is 29.9 Å². The van der Waals surface area contributed by atoms with E-state index in [-0.39, 0.29) is 29.6 Å². The number of nitro groups is 1. The number of rotatable bonds is 8. The largest absolute Gasteiger partial charge is 0.452 e. The molecule has 0 saturated carbocycles. The number of nitrogens with zero attached hydrogens (tertiary/aromatic N) is 1. The number of ether oxygens (including phenoxy) is 1. The van der Waals surface area contributed by atoms with E-state index in [1.807, 2.05) is 12.1 Å². The third-order valence-corrected chi connectivity index (χ3v) is 4.65. The number of hydrogen-bond donors (Lipinski definition) is 2. The monoisotopic (exact) mass is 441 g/mol. The first-order chi connectivity index (χ1) is 15.0. The quantitative estimate of drug-likeness (QED) is 0.366. The lowest BCUT2D eigenvalue weighted by Crippen LogP contribution is -2.32. The van der Waals surface area contributed by atoms with Crippen LogP contribution in [-0.2, 0) is 19.7 Å². The van der Waals surface area contributed by atoms with Gasteiger partial charge in [-0.05, 0) is 42.2 Å². The molecule has 0 heterocycles. The van der Waals surface area contributed by atoms with Crippen LogP contribution in [0.5, 0.6) is 0 Å². The van der Waals surface area contributed by atoms with Crippen LogP contribution in [0.15, 0.2) is 48.5 Å². The van der Waals surface area contributed by atoms with E-state index >= 15 is 0 Å². The van der Waals surface area contributed by atoms with E-state index in [1.165, 1.54) is 31.2 Å². The van der Waals surface area contributed by atoms with Crippen LogP contribution >= 0.6 is 0 Å². The van der Waals surface area contributed by atoms with Crippen molar-refractivity contribution in [1.82, 2.24) is 5.32 Å². The topological polar surface area (TPSA) is 128 Å². The Balaban J connectivity index is 1.76. The fraction of sp³-hybridized carbons (Fsp3) is 0.348. The summed E-state index contributed by atoms with van der Waals surface area (Å²) < 4.78 is 5.11. The third kappa shape index (κ3) is 7.19. The molecule has 2 aromatic rings. The highest BCUT2D eigenvalue weighted by molar-refractivity contribution is 5.95. The van der Waals surface area contributed by atoms with Crippen LogP contribution in [0.1, 0.15) is 50.0 Å². The van der Waals surface area contributed by atoms with Gasteiger partial charge in [-0.3, -0.25) is 24.5 Å². The molecule has 0 bridgehead atoms. The Labute approximate surface area is 186 Å². The summed E-state index contributed by atoms with van der Waals surface area (Å²) in [6.45, 7) is 7.74. The molecule has 0 aliphatic heterocycles. The van der Waals surface area contributed by atoms with Crippen molar-refractivity contribution in [2.75, 3.05) is 11.9 Å². The molecule has 9 heteroatoms. The molecule has 2 rings (SSSR count). The van der Waals surface area contributed by atoms with Crippen LogP contribution < -0.4 is 10.6 Å². The van der Waals surface area contributed by atoms with Crippen molar-refractivity contribution in [3.05, 3.63) is 69.8 Å². The highest BCUT2D eigenvalue weighted by Gasteiger charge is 2.19. The minimum absolute atomic E-state index is 0.000741. The first-order valence-electron chi connectivity index (χ1n) is 10.1. The third-order valence-electron chi connectivity index (χ3n) is 4.65. The fourth-order valence-corrected chi connectivity index (χ4v) is 2.72. The minimum Gasteiger partial charge on any atom is -0.452 e. The van der Waals surface area contributed by atoms with Crippen LogP contribution in [0.25, 0.3) is 0 Å². The molecule has 9 nitrogen and oxygen atoms in total. The molecule has 0 spiro atoms. The second kappa shape index (κ2) is 10.5. The number of nitrogens with one attached hydrogen (secondary N) is 2. The van der Waals surface area contributed by atoms with Crippen molar-refractivity contribution in [1.29, 1.82) is 0 Å². The number of hydrogen-bond acceptors (Lipinski definition) is 6. The summed E-state index contributed by atoms with van der Waals surface area (Å²) in [5, 5.41) is 15.9. The van der Waals surface area contributed by atoms with Crippen molar-refractivity contribution >= 4 is 29.2 Å². The van der Waals surface area contributed by atoms with Crippen molar-refractivity contribution in [3.8, 4) is 0 Å². The van der Waals surface area contributed by atoms with Gasteiger partial charge < -0.3 is 15.4 Å². The van der Waals surface area contributed by atoms with Gasteiger partial charge in [0.25, 0.3) is 17.5 Å². The average molecular weight is 441 g/mol. The summed E-state index contributed by atoms with van der Waals surface area (Å²) in [5.41, 5.74) is 1.84. The van der Waals surface area contributed by atoms with Crippen LogP contribution in [0.2, 0.25) is 0 Å². The van der Waals surface area contributed by atoms with Gasteiger partial charge in [0.05, 0.1) is 11.3 Å². The van der Waals surface area contributed by atoms with Crippen molar-refractivity contribution in [2.24, 2.45) is 0 Å². The summed E-state index contributed by atoms with van der Waals surface area (Å²) in [7, 11) is 0. The molecule has 2 N–H and O–H groups in total. The van der Waals surface area contributed by atoms with Crippen molar-refractivity contribution < 1.29 is 24.0 Å². The van der Waals surface area contributed by atoms with Crippen molar-refractivity contribution in [3.63, 3.8) is 0 Å². The number of amides is 2. The molecule has 0 radical (unpaired) electrons. The molecular formula is C23H27N3O6. The fourth-order valence-electron chi connectivity index (χ4n) is 2.72. The Kier molecular flexibility index (Phi) is 8.06. The molecule has 170 valence electrons. The molecule has 32 heavy (non-hydrogen) atoms. The van der Waals surface area contributed by atoms with E-state index < -0.39 is 28.8 Å². The van der Waals surface area contributed by atoms with Gasteiger partial charge in [-0.25, -0.2) is 0 Å². The highest BCUT2D eigenvalue weighted by Crippen LogP contribution is 2.23. The Hall–Kier alpha value is -3.75. The van der Waals surface area contributed by atoms with Gasteiger partial charge in [-0.1, -0.05) is 32.9 Å². The van der Waals surface area contributed by atoms with Gasteiger partial charge in [0.1, 0.15) is 0 Å². The Morgan fingerprint density at radius 2 is 1.62 bits per heavy atom. The van der Waals surface area contributed by atoms with Gasteiger partial charge in [-0.15, -0.1) is 0 Å². The van der Waals surface area contributed by atoms with Gasteiger partial charge in [-0.2, -0.15) is 0 Å². The predicted octanol–water partition coefficient (Wildman–Crippen LogP) is 3.58. The van der Waals surface area contributed by atoms with E-state index in [9.17, 15) is 24.5 Å². The second-order valence-electron chi connectivity index (χ2n) is 8.26. The maximum absolute atomic E-state index is 12.3. The molecule has 0 aliphatic carbocycles. The predicted molar refractivity (Wildman–Crippen MR) is 119 cm³/mol. The van der Waals surface area contributed by atoms with Crippen LogP contribution in [0.3, 0.4) is 0 Å². The van der Waals surface area contributed by atoms with Gasteiger partial charge in [0.15, 0.2) is 6.10 Å². The normalized spacial score (nSPS) is 11.9. The Morgan fingerprint density at radius 3 is 2.16 bits per heavy atom. The van der Waals surface area contributed by atoms with Gasteiger partial charge in [0.2, 0.25) is 0 Å². The lowest BCUT2D eigenvalue weighted by molar-refractivity contribution is -0.384. The van der Waals surface area contributed by atoms with E-state index in [2.05, 4.69) is 31.4 Å². The molecule has 1 unspecified atom stereocenters. The summed E-state index contributed by atoms with van der Waals surface area (Å²) in [6, 6.07) is 12.5. The average Bonchev–Trinajstić information content (AvgIpc) is 2.73. The summed E-state index contributed by atoms with van der Waals surface area (Å²) in [4.78, 5) is 46.4. The summed E-state index contributed by atoms with van der Waals surface area (Å²) >= 11 is 0. The second-order valence-corrected chi connectivity index (χ2v) is 8.26. The summed E-state index contributed by atoms with van der Waals surface area (Å²) in [5.74, 6) is -1.58. The maximum Gasteiger partial charge on any atom is 0.308 e. The number of carbonyl (C=O) groups excluding carboxylic acids is 3. The van der Waals surface area contributed by atoms with Crippen molar-refractivity contribution in [2.45, 2.75) is 45.6 Å². The lowest BCUT2D eigenvalue weighted by Gasteiger charge is -2.19. The maximum atomic E-state index is 12.3. The zero-order chi connectivity index (χ0) is 23.9. The molecule has 2 amide bonds. The Bertz CT molecular complexity index is 978. The first kappa shape index (κ1) is 24.5. The highest BCUT2D eigenvalue weighted by atomic mass is 16.6. The summed E-state index contributed by atoms with van der Waals surface area (Å²) in [6.07, 6.45) is -1.13. The molecule has 2 aromatic carbocycles. The number of esters is 1. The number of benzene rings is 2. The van der Waals surface area contributed by atoms with Crippen LogP contribution in [0, 0.1) is 10.1 Å². The minimum atomic E-state index is -1.00. The lowest BCUT2D eigenvalue weighted by atomic mass is 9.87. The van der Waals surface area contributed by atoms with Crippen LogP contribution in [-0.4, -0.2) is 35.4 Å². The number of non-ortho nitro benzene ring substituents is 1. The van der Waals surface area contributed by atoms with E-state index in [1.54, 1.807) is 12.1 Å². The van der Waals surface area contributed by atoms with Gasteiger partial charge >= 0.3 is 5.97 Å². The standard InChI is InChI=1S/C23H27N3O6/c1-15(21(28)25-18-9-7-17(8-10-18)23(2,3)4)32-20(27)13-14-24-22(29)16-5-11-19(12-6-16)26(30)31/h5-12,15H,13-14H2,1-4H3,(H,24,29)(H,25,28). The molecule has 1 atom stereocenters. The Morgan fingerprint density at radius 1 is 1.03 bits per heavy atom. The zero-order valence-corrected chi connectivity index (χ0v) is 18.5. The smallest absolute Gasteiger partial charge is 0.308 e. The number of anilines is 1. The van der Waals surface area contributed by atoms with E-state index in [0.29, 0.717) is 5.69 Å². The van der Waals surface area contributed by atoms with E-state index in [0.717, 1.165) is 5.56 Å².